The number of carbonyl (C=O) groups is 1. The van der Waals surface area contributed by atoms with Gasteiger partial charge in [0.05, 0.1) is 20.2 Å². The number of rotatable bonds is 8. The van der Waals surface area contributed by atoms with Crippen LogP contribution in [0.5, 0.6) is 5.75 Å². The van der Waals surface area contributed by atoms with Gasteiger partial charge in [-0.1, -0.05) is 24.3 Å². The summed E-state index contributed by atoms with van der Waals surface area (Å²) in [5, 5.41) is 13.3. The fourth-order valence-corrected chi connectivity index (χ4v) is 4.02. The molecule has 5 rings (SSSR count). The SMILES string of the molecule is COc1cc2c(N)nccc2cc1CNC(=O)c1nc(C)n(Cc2ccc(Cn3cccn3)cc2)n1. The van der Waals surface area contributed by atoms with Crippen LogP contribution in [-0.4, -0.2) is 42.5 Å². The highest BCUT2D eigenvalue weighted by atomic mass is 16.5. The number of amides is 1. The lowest BCUT2D eigenvalue weighted by Gasteiger charge is -2.11. The number of hydrogen-bond donors (Lipinski definition) is 2. The summed E-state index contributed by atoms with van der Waals surface area (Å²) in [4.78, 5) is 21.3. The molecule has 5 aromatic rings. The number of nitrogens with zero attached hydrogens (tertiary/aromatic N) is 6. The Kier molecular flexibility index (Phi) is 6.31. The summed E-state index contributed by atoms with van der Waals surface area (Å²) in [5.74, 6) is 1.47. The summed E-state index contributed by atoms with van der Waals surface area (Å²) in [6, 6.07) is 15.8. The van der Waals surface area contributed by atoms with E-state index in [9.17, 15) is 4.79 Å². The Labute approximate surface area is 207 Å². The summed E-state index contributed by atoms with van der Waals surface area (Å²) >= 11 is 0. The highest BCUT2D eigenvalue weighted by Gasteiger charge is 2.16. The van der Waals surface area contributed by atoms with Gasteiger partial charge in [0, 0.05) is 36.1 Å². The summed E-state index contributed by atoms with van der Waals surface area (Å²) < 4.78 is 9.10. The second-order valence-electron chi connectivity index (χ2n) is 8.42. The maximum absolute atomic E-state index is 12.8. The maximum Gasteiger partial charge on any atom is 0.291 e. The Bertz CT molecular complexity index is 1510. The number of benzene rings is 2. The minimum absolute atomic E-state index is 0.121. The first-order valence-electron chi connectivity index (χ1n) is 11.5. The molecule has 0 atom stereocenters. The van der Waals surface area contributed by atoms with Crippen LogP contribution in [0.15, 0.2) is 67.1 Å². The molecule has 0 aliphatic carbocycles. The molecule has 0 spiro atoms. The zero-order valence-electron chi connectivity index (χ0n) is 20.0. The zero-order valence-corrected chi connectivity index (χ0v) is 20.0. The summed E-state index contributed by atoms with van der Waals surface area (Å²) in [6.07, 6.45) is 5.35. The number of nitrogen functional groups attached to an aromatic ring is 1. The predicted octanol–water partition coefficient (Wildman–Crippen LogP) is 2.95. The number of methoxy groups -OCH3 is 1. The number of nitrogens with one attached hydrogen (secondary N) is 1. The maximum atomic E-state index is 12.8. The third-order valence-corrected chi connectivity index (χ3v) is 5.95. The molecule has 10 nitrogen and oxygen atoms in total. The molecular formula is C26H26N8O2. The van der Waals surface area contributed by atoms with Crippen LogP contribution in [-0.2, 0) is 19.6 Å². The molecule has 2 aromatic carbocycles. The minimum atomic E-state index is -0.359. The Hall–Kier alpha value is -4.73. The van der Waals surface area contributed by atoms with E-state index in [0.717, 1.165) is 27.5 Å². The van der Waals surface area contributed by atoms with Crippen LogP contribution in [0.25, 0.3) is 10.8 Å². The molecule has 3 N–H and O–H groups in total. The highest BCUT2D eigenvalue weighted by molar-refractivity contribution is 5.93. The first-order chi connectivity index (χ1) is 17.5. The number of nitrogens with two attached hydrogens (primary N) is 1. The number of fused-ring (bicyclic) bond motifs is 1. The van der Waals surface area contributed by atoms with Crippen LogP contribution in [0.1, 0.15) is 33.1 Å². The van der Waals surface area contributed by atoms with Crippen molar-refractivity contribution >= 4 is 22.5 Å². The molecule has 0 radical (unpaired) electrons. The molecule has 0 unspecified atom stereocenters. The molecular weight excluding hydrogens is 456 g/mol. The lowest BCUT2D eigenvalue weighted by molar-refractivity contribution is 0.0940. The molecule has 0 fully saturated rings. The molecule has 3 heterocycles. The van der Waals surface area contributed by atoms with Crippen LogP contribution in [0.2, 0.25) is 0 Å². The number of ether oxygens (including phenoxy) is 1. The third kappa shape index (κ3) is 4.88. The highest BCUT2D eigenvalue weighted by Crippen LogP contribution is 2.28. The molecule has 182 valence electrons. The van der Waals surface area contributed by atoms with Crippen molar-refractivity contribution in [2.75, 3.05) is 12.8 Å². The van der Waals surface area contributed by atoms with Crippen molar-refractivity contribution in [2.45, 2.75) is 26.6 Å². The standard InChI is InChI=1S/C26H26N8O2/c1-17-31-25(32-34(17)16-19-6-4-18(5-7-19)15-33-11-3-9-30-33)26(35)29-14-21-12-20-8-10-28-24(27)22(20)13-23(21)36-2/h3-13H,14-16H2,1-2H3,(H2,27,28)(H,29,35). The average Bonchev–Trinajstić information content (AvgIpc) is 3.53. The Balaban J connectivity index is 1.25. The van der Waals surface area contributed by atoms with Crippen molar-refractivity contribution in [1.82, 2.24) is 34.8 Å². The van der Waals surface area contributed by atoms with Crippen molar-refractivity contribution in [3.63, 3.8) is 0 Å². The van der Waals surface area contributed by atoms with E-state index in [4.69, 9.17) is 10.5 Å². The van der Waals surface area contributed by atoms with E-state index in [1.165, 1.54) is 0 Å². The molecule has 1 amide bonds. The van der Waals surface area contributed by atoms with Crippen LogP contribution in [0, 0.1) is 6.92 Å². The molecule has 10 heteroatoms. The van der Waals surface area contributed by atoms with E-state index >= 15 is 0 Å². The number of anilines is 1. The molecule has 0 aliphatic heterocycles. The summed E-state index contributed by atoms with van der Waals surface area (Å²) in [6.45, 7) is 3.32. The molecule has 3 aromatic heterocycles. The van der Waals surface area contributed by atoms with Gasteiger partial charge in [0.25, 0.3) is 5.91 Å². The van der Waals surface area contributed by atoms with Gasteiger partial charge in [-0.15, -0.1) is 5.10 Å². The van der Waals surface area contributed by atoms with Gasteiger partial charge < -0.3 is 15.8 Å². The van der Waals surface area contributed by atoms with Gasteiger partial charge in [0.1, 0.15) is 17.4 Å². The lowest BCUT2D eigenvalue weighted by Crippen LogP contribution is -2.24. The van der Waals surface area contributed by atoms with E-state index in [1.54, 1.807) is 24.2 Å². The van der Waals surface area contributed by atoms with Gasteiger partial charge in [0.2, 0.25) is 5.82 Å². The molecule has 36 heavy (non-hydrogen) atoms. The Morgan fingerprint density at radius 3 is 2.58 bits per heavy atom. The molecule has 0 aliphatic rings. The Morgan fingerprint density at radius 1 is 1.08 bits per heavy atom. The van der Waals surface area contributed by atoms with Gasteiger partial charge in [-0.25, -0.2) is 14.6 Å². The molecule has 0 bridgehead atoms. The first-order valence-corrected chi connectivity index (χ1v) is 11.5. The van der Waals surface area contributed by atoms with Crippen molar-refractivity contribution in [1.29, 1.82) is 0 Å². The van der Waals surface area contributed by atoms with E-state index < -0.39 is 0 Å². The fourth-order valence-electron chi connectivity index (χ4n) is 4.02. The smallest absolute Gasteiger partial charge is 0.291 e. The molecule has 0 saturated carbocycles. The van der Waals surface area contributed by atoms with E-state index in [2.05, 4.69) is 37.6 Å². The van der Waals surface area contributed by atoms with Crippen LogP contribution in [0.4, 0.5) is 5.82 Å². The monoisotopic (exact) mass is 482 g/mol. The molecule has 0 saturated heterocycles. The van der Waals surface area contributed by atoms with E-state index in [-0.39, 0.29) is 18.3 Å². The number of carbonyl (C=O) groups excluding carboxylic acids is 1. The largest absolute Gasteiger partial charge is 0.496 e. The van der Waals surface area contributed by atoms with Crippen LogP contribution in [0.3, 0.4) is 0 Å². The number of pyridine rings is 1. The van der Waals surface area contributed by atoms with Crippen molar-refractivity contribution < 1.29 is 9.53 Å². The Morgan fingerprint density at radius 2 is 1.86 bits per heavy atom. The third-order valence-electron chi connectivity index (χ3n) is 5.95. The minimum Gasteiger partial charge on any atom is -0.496 e. The van der Waals surface area contributed by atoms with Gasteiger partial charge >= 0.3 is 0 Å². The van der Waals surface area contributed by atoms with E-state index in [0.29, 0.717) is 30.5 Å². The van der Waals surface area contributed by atoms with Crippen molar-refractivity contribution in [2.24, 2.45) is 0 Å². The van der Waals surface area contributed by atoms with Crippen molar-refractivity contribution in [3.05, 3.63) is 95.5 Å². The van der Waals surface area contributed by atoms with Crippen LogP contribution < -0.4 is 15.8 Å². The summed E-state index contributed by atoms with van der Waals surface area (Å²) in [5.41, 5.74) is 9.01. The average molecular weight is 483 g/mol. The van der Waals surface area contributed by atoms with Crippen molar-refractivity contribution in [3.8, 4) is 5.75 Å². The normalized spacial score (nSPS) is 11.1. The predicted molar refractivity (Wildman–Crippen MR) is 136 cm³/mol. The summed E-state index contributed by atoms with van der Waals surface area (Å²) in [7, 11) is 1.58. The van der Waals surface area contributed by atoms with Gasteiger partial charge in [0.15, 0.2) is 0 Å². The van der Waals surface area contributed by atoms with E-state index in [1.807, 2.05) is 54.2 Å². The first kappa shape index (κ1) is 23.0. The van der Waals surface area contributed by atoms with Gasteiger partial charge in [-0.05, 0) is 47.7 Å². The number of aromatic nitrogens is 6. The fraction of sp³-hybridized carbons (Fsp3) is 0.192. The van der Waals surface area contributed by atoms with Gasteiger partial charge in [-0.2, -0.15) is 5.10 Å². The number of aryl methyl sites for hydroxylation is 1. The quantitative estimate of drug-likeness (QED) is 0.348. The second-order valence-corrected chi connectivity index (χ2v) is 8.42. The lowest BCUT2D eigenvalue weighted by atomic mass is 10.1. The van der Waals surface area contributed by atoms with Crippen LogP contribution >= 0.6 is 0 Å². The van der Waals surface area contributed by atoms with Gasteiger partial charge in [-0.3, -0.25) is 9.48 Å². The number of hydrogen-bond acceptors (Lipinski definition) is 7. The zero-order chi connectivity index (χ0) is 25.1. The second kappa shape index (κ2) is 9.87. The topological polar surface area (TPSA) is 126 Å².